The number of rotatable bonds is 5. The van der Waals surface area contributed by atoms with Gasteiger partial charge in [-0.2, -0.15) is 0 Å². The summed E-state index contributed by atoms with van der Waals surface area (Å²) in [5, 5.41) is 8.80. The lowest BCUT2D eigenvalue weighted by atomic mass is 10.2. The lowest BCUT2D eigenvalue weighted by Gasteiger charge is -2.33. The molecule has 1 rings (SSSR count). The molecule has 1 fully saturated rings. The molecule has 0 saturated carbocycles. The zero-order valence-electron chi connectivity index (χ0n) is 10.5. The van der Waals surface area contributed by atoms with E-state index in [0.717, 1.165) is 0 Å². The minimum Gasteiger partial charge on any atom is -0.480 e. The van der Waals surface area contributed by atoms with Crippen molar-refractivity contribution in [2.24, 2.45) is 0 Å². The minimum atomic E-state index is -0.994. The molecule has 1 aliphatic heterocycles. The number of morpholine rings is 1. The number of amides is 1. The molecule has 0 aromatic rings. The van der Waals surface area contributed by atoms with Crippen LogP contribution in [0.15, 0.2) is 0 Å². The summed E-state index contributed by atoms with van der Waals surface area (Å²) in [5.74, 6) is 1.28. The van der Waals surface area contributed by atoms with Crippen molar-refractivity contribution in [2.75, 3.05) is 39.4 Å². The summed E-state index contributed by atoms with van der Waals surface area (Å²) >= 11 is 0. The van der Waals surface area contributed by atoms with E-state index in [0.29, 0.717) is 26.3 Å². The van der Waals surface area contributed by atoms with Crippen LogP contribution in [0.3, 0.4) is 0 Å². The van der Waals surface area contributed by atoms with E-state index in [1.807, 2.05) is 0 Å². The Morgan fingerprint density at radius 1 is 1.50 bits per heavy atom. The SMILES string of the molecule is C#CCN(CC(=O)O)C(C)C(=O)N1CCOCC1. The van der Waals surface area contributed by atoms with E-state index in [4.69, 9.17) is 16.3 Å². The van der Waals surface area contributed by atoms with Gasteiger partial charge in [-0.15, -0.1) is 6.42 Å². The van der Waals surface area contributed by atoms with Crippen LogP contribution in [0.5, 0.6) is 0 Å². The highest BCUT2D eigenvalue weighted by Gasteiger charge is 2.27. The summed E-state index contributed by atoms with van der Waals surface area (Å²) in [6.45, 7) is 3.71. The van der Waals surface area contributed by atoms with E-state index in [1.165, 1.54) is 4.90 Å². The second-order valence-electron chi connectivity index (χ2n) is 4.12. The first kappa shape index (κ1) is 14.5. The Bertz CT molecular complexity index is 344. The molecule has 0 radical (unpaired) electrons. The van der Waals surface area contributed by atoms with Crippen molar-refractivity contribution in [2.45, 2.75) is 13.0 Å². The normalized spacial score (nSPS) is 17.3. The maximum atomic E-state index is 12.2. The lowest BCUT2D eigenvalue weighted by molar-refractivity contribution is -0.143. The topological polar surface area (TPSA) is 70.1 Å². The fourth-order valence-corrected chi connectivity index (χ4v) is 1.82. The van der Waals surface area contributed by atoms with Crippen LogP contribution in [0.25, 0.3) is 0 Å². The van der Waals surface area contributed by atoms with E-state index >= 15 is 0 Å². The molecule has 1 aliphatic rings. The number of hydrogen-bond acceptors (Lipinski definition) is 4. The van der Waals surface area contributed by atoms with E-state index in [1.54, 1.807) is 11.8 Å². The van der Waals surface area contributed by atoms with Gasteiger partial charge in [-0.05, 0) is 6.92 Å². The van der Waals surface area contributed by atoms with Gasteiger partial charge in [-0.1, -0.05) is 5.92 Å². The Morgan fingerprint density at radius 3 is 2.61 bits per heavy atom. The second kappa shape index (κ2) is 6.99. The molecule has 100 valence electrons. The number of carboxylic acids is 1. The fourth-order valence-electron chi connectivity index (χ4n) is 1.82. The Labute approximate surface area is 106 Å². The average Bonchev–Trinajstić information content (AvgIpc) is 2.37. The molecule has 18 heavy (non-hydrogen) atoms. The van der Waals surface area contributed by atoms with Gasteiger partial charge < -0.3 is 14.7 Å². The third-order valence-electron chi connectivity index (χ3n) is 2.86. The number of carbonyl (C=O) groups is 2. The van der Waals surface area contributed by atoms with Gasteiger partial charge in [0.1, 0.15) is 0 Å². The average molecular weight is 254 g/mol. The third-order valence-corrected chi connectivity index (χ3v) is 2.86. The van der Waals surface area contributed by atoms with Crippen molar-refractivity contribution in [1.29, 1.82) is 0 Å². The number of ether oxygens (including phenoxy) is 1. The van der Waals surface area contributed by atoms with Crippen molar-refractivity contribution in [1.82, 2.24) is 9.80 Å². The monoisotopic (exact) mass is 254 g/mol. The van der Waals surface area contributed by atoms with Crippen LogP contribution < -0.4 is 0 Å². The molecule has 0 aromatic carbocycles. The Hall–Kier alpha value is -1.58. The number of carboxylic acid groups (broad SMARTS) is 1. The van der Waals surface area contributed by atoms with Gasteiger partial charge >= 0.3 is 5.97 Å². The molecule has 6 heteroatoms. The molecular weight excluding hydrogens is 236 g/mol. The first-order valence-corrected chi connectivity index (χ1v) is 5.82. The summed E-state index contributed by atoms with van der Waals surface area (Å²) in [5.41, 5.74) is 0. The maximum absolute atomic E-state index is 12.2. The summed E-state index contributed by atoms with van der Waals surface area (Å²) in [4.78, 5) is 26.0. The van der Waals surface area contributed by atoms with Crippen molar-refractivity contribution in [3.63, 3.8) is 0 Å². The number of aliphatic carboxylic acids is 1. The van der Waals surface area contributed by atoms with Crippen LogP contribution in [0.4, 0.5) is 0 Å². The Balaban J connectivity index is 2.62. The van der Waals surface area contributed by atoms with Crippen LogP contribution in [0, 0.1) is 12.3 Å². The molecule has 0 aliphatic carbocycles. The zero-order valence-corrected chi connectivity index (χ0v) is 10.5. The Kier molecular flexibility index (Phi) is 5.62. The van der Waals surface area contributed by atoms with E-state index in [2.05, 4.69) is 5.92 Å². The molecule has 1 N–H and O–H groups in total. The van der Waals surface area contributed by atoms with Crippen molar-refractivity contribution in [3.05, 3.63) is 0 Å². The van der Waals surface area contributed by atoms with Gasteiger partial charge in [-0.25, -0.2) is 0 Å². The summed E-state index contributed by atoms with van der Waals surface area (Å²) in [7, 11) is 0. The standard InChI is InChI=1S/C12H18N2O4/c1-3-4-14(9-11(15)16)10(2)12(17)13-5-7-18-8-6-13/h1,10H,4-9H2,2H3,(H,15,16). The van der Waals surface area contributed by atoms with Crippen LogP contribution in [0.1, 0.15) is 6.92 Å². The zero-order chi connectivity index (χ0) is 13.5. The number of nitrogens with zero attached hydrogens (tertiary/aromatic N) is 2. The molecule has 1 atom stereocenters. The molecular formula is C12H18N2O4. The molecule has 0 bridgehead atoms. The molecule has 1 amide bonds. The van der Waals surface area contributed by atoms with Gasteiger partial charge in [0, 0.05) is 13.1 Å². The van der Waals surface area contributed by atoms with Gasteiger partial charge in [0.25, 0.3) is 0 Å². The van der Waals surface area contributed by atoms with Crippen LogP contribution >= 0.6 is 0 Å². The Morgan fingerprint density at radius 2 is 2.11 bits per heavy atom. The predicted molar refractivity (Wildman–Crippen MR) is 64.9 cm³/mol. The van der Waals surface area contributed by atoms with Crippen molar-refractivity contribution < 1.29 is 19.4 Å². The highest BCUT2D eigenvalue weighted by molar-refractivity contribution is 5.82. The van der Waals surface area contributed by atoms with E-state index < -0.39 is 12.0 Å². The number of hydrogen-bond donors (Lipinski definition) is 1. The van der Waals surface area contributed by atoms with Crippen molar-refractivity contribution >= 4 is 11.9 Å². The molecule has 0 spiro atoms. The third kappa shape index (κ3) is 4.02. The van der Waals surface area contributed by atoms with Gasteiger partial charge in [0.2, 0.25) is 5.91 Å². The van der Waals surface area contributed by atoms with E-state index in [9.17, 15) is 9.59 Å². The molecule has 0 aromatic heterocycles. The van der Waals surface area contributed by atoms with Gasteiger partial charge in [0.05, 0.1) is 32.3 Å². The van der Waals surface area contributed by atoms with Crippen LogP contribution in [0.2, 0.25) is 0 Å². The van der Waals surface area contributed by atoms with Crippen LogP contribution in [-0.4, -0.2) is 72.2 Å². The van der Waals surface area contributed by atoms with Crippen LogP contribution in [-0.2, 0) is 14.3 Å². The number of carbonyl (C=O) groups excluding carboxylic acids is 1. The molecule has 1 unspecified atom stereocenters. The molecule has 1 saturated heterocycles. The summed E-state index contributed by atoms with van der Waals surface area (Å²) < 4.78 is 5.17. The maximum Gasteiger partial charge on any atom is 0.317 e. The van der Waals surface area contributed by atoms with Gasteiger partial charge in [-0.3, -0.25) is 14.5 Å². The van der Waals surface area contributed by atoms with Gasteiger partial charge in [0.15, 0.2) is 0 Å². The lowest BCUT2D eigenvalue weighted by Crippen LogP contribution is -2.51. The fraction of sp³-hybridized carbons (Fsp3) is 0.667. The first-order chi connectivity index (χ1) is 8.56. The quantitative estimate of drug-likeness (QED) is 0.654. The van der Waals surface area contributed by atoms with E-state index in [-0.39, 0.29) is 19.0 Å². The minimum absolute atomic E-state index is 0.102. The number of terminal acetylenes is 1. The highest BCUT2D eigenvalue weighted by Crippen LogP contribution is 2.06. The first-order valence-electron chi connectivity index (χ1n) is 5.82. The summed E-state index contributed by atoms with van der Waals surface area (Å²) in [6, 6.07) is -0.532. The second-order valence-corrected chi connectivity index (χ2v) is 4.12. The predicted octanol–water partition coefficient (Wildman–Crippen LogP) is -0.746. The summed E-state index contributed by atoms with van der Waals surface area (Å²) in [6.07, 6.45) is 5.19. The molecule has 6 nitrogen and oxygen atoms in total. The molecule has 1 heterocycles. The highest BCUT2D eigenvalue weighted by atomic mass is 16.5. The smallest absolute Gasteiger partial charge is 0.317 e. The largest absolute Gasteiger partial charge is 0.480 e. The van der Waals surface area contributed by atoms with Crippen molar-refractivity contribution in [3.8, 4) is 12.3 Å².